The average Bonchev–Trinajstić information content (AvgIpc) is 2.47. The predicted molar refractivity (Wildman–Crippen MR) is 84.7 cm³/mol. The van der Waals surface area contributed by atoms with Gasteiger partial charge in [-0.3, -0.25) is 0 Å². The molecule has 108 valence electrons. The second-order valence-electron chi connectivity index (χ2n) is 5.07. The smallest absolute Gasteiger partial charge is 0.000687 e. The molecule has 1 N–H and O–H groups in total. The molecule has 0 fully saturated rings. The molecule has 0 radical (unpaired) electrons. The standard InChI is InChI=1S/C17H30N2/c1-3-19(4-2)16-10-15-18-14-9-8-13-17-11-6-5-7-12-17/h5-7,11-12,18H,3-4,8-10,13-16H2,1-2H3. The maximum absolute atomic E-state index is 3.55. The van der Waals surface area contributed by atoms with Crippen LogP contribution in [0.4, 0.5) is 0 Å². The first-order chi connectivity index (χ1) is 9.36. The molecule has 1 aromatic rings. The minimum Gasteiger partial charge on any atom is -0.317 e. The lowest BCUT2D eigenvalue weighted by molar-refractivity contribution is 0.298. The van der Waals surface area contributed by atoms with Crippen molar-refractivity contribution in [3.8, 4) is 0 Å². The molecular weight excluding hydrogens is 232 g/mol. The topological polar surface area (TPSA) is 15.3 Å². The fraction of sp³-hybridized carbons (Fsp3) is 0.647. The Kier molecular flexibility index (Phi) is 9.38. The maximum atomic E-state index is 3.55. The zero-order chi connectivity index (χ0) is 13.8. The highest BCUT2D eigenvalue weighted by molar-refractivity contribution is 5.14. The van der Waals surface area contributed by atoms with Crippen molar-refractivity contribution in [3.63, 3.8) is 0 Å². The van der Waals surface area contributed by atoms with Crippen LogP contribution in [0.15, 0.2) is 30.3 Å². The van der Waals surface area contributed by atoms with Gasteiger partial charge in [-0.05, 0) is 64.0 Å². The van der Waals surface area contributed by atoms with Crippen molar-refractivity contribution < 1.29 is 0 Å². The zero-order valence-corrected chi connectivity index (χ0v) is 12.7. The Morgan fingerprint density at radius 2 is 1.58 bits per heavy atom. The van der Waals surface area contributed by atoms with Gasteiger partial charge in [-0.15, -0.1) is 0 Å². The Labute approximate surface area is 119 Å². The Bertz CT molecular complexity index is 293. The lowest BCUT2D eigenvalue weighted by Crippen LogP contribution is -2.27. The second kappa shape index (κ2) is 11.0. The number of unbranched alkanes of at least 4 members (excludes halogenated alkanes) is 1. The van der Waals surface area contributed by atoms with Gasteiger partial charge in [0.05, 0.1) is 0 Å². The molecule has 0 bridgehead atoms. The van der Waals surface area contributed by atoms with Crippen LogP contribution < -0.4 is 5.32 Å². The van der Waals surface area contributed by atoms with E-state index in [9.17, 15) is 0 Å². The number of hydrogen-bond acceptors (Lipinski definition) is 2. The van der Waals surface area contributed by atoms with E-state index in [2.05, 4.69) is 54.4 Å². The predicted octanol–water partition coefficient (Wildman–Crippen LogP) is 3.33. The Balaban J connectivity index is 1.89. The quantitative estimate of drug-likeness (QED) is 0.615. The van der Waals surface area contributed by atoms with Crippen molar-refractivity contribution in [1.29, 1.82) is 0 Å². The molecule has 0 spiro atoms. The number of hydrogen-bond donors (Lipinski definition) is 1. The summed E-state index contributed by atoms with van der Waals surface area (Å²) < 4.78 is 0. The Morgan fingerprint density at radius 1 is 0.895 bits per heavy atom. The molecule has 0 atom stereocenters. The van der Waals surface area contributed by atoms with E-state index >= 15 is 0 Å². The largest absolute Gasteiger partial charge is 0.317 e. The summed E-state index contributed by atoms with van der Waals surface area (Å²) in [5, 5.41) is 3.55. The van der Waals surface area contributed by atoms with Gasteiger partial charge in [0, 0.05) is 0 Å². The van der Waals surface area contributed by atoms with Crippen LogP contribution >= 0.6 is 0 Å². The van der Waals surface area contributed by atoms with E-state index in [4.69, 9.17) is 0 Å². The summed E-state index contributed by atoms with van der Waals surface area (Å²) in [5.41, 5.74) is 1.46. The van der Waals surface area contributed by atoms with Crippen molar-refractivity contribution in [2.45, 2.75) is 39.5 Å². The number of nitrogens with zero attached hydrogens (tertiary/aromatic N) is 1. The van der Waals surface area contributed by atoms with Gasteiger partial charge >= 0.3 is 0 Å². The molecule has 0 amide bonds. The third-order valence-electron chi connectivity index (χ3n) is 3.63. The molecule has 0 saturated heterocycles. The fourth-order valence-corrected chi connectivity index (χ4v) is 2.32. The van der Waals surface area contributed by atoms with Crippen LogP contribution in [-0.2, 0) is 6.42 Å². The van der Waals surface area contributed by atoms with Crippen molar-refractivity contribution >= 4 is 0 Å². The van der Waals surface area contributed by atoms with Crippen LogP contribution in [0.2, 0.25) is 0 Å². The third kappa shape index (κ3) is 8.02. The highest BCUT2D eigenvalue weighted by Crippen LogP contribution is 2.03. The van der Waals surface area contributed by atoms with Crippen LogP contribution in [0.3, 0.4) is 0 Å². The van der Waals surface area contributed by atoms with Crippen LogP contribution in [0.1, 0.15) is 38.7 Å². The highest BCUT2D eigenvalue weighted by atomic mass is 15.1. The van der Waals surface area contributed by atoms with Crippen LogP contribution in [0.5, 0.6) is 0 Å². The second-order valence-corrected chi connectivity index (χ2v) is 5.07. The van der Waals surface area contributed by atoms with Gasteiger partial charge in [-0.1, -0.05) is 44.2 Å². The van der Waals surface area contributed by atoms with E-state index in [1.54, 1.807) is 0 Å². The van der Waals surface area contributed by atoms with Gasteiger partial charge in [0.2, 0.25) is 0 Å². The number of rotatable bonds is 11. The van der Waals surface area contributed by atoms with E-state index in [-0.39, 0.29) is 0 Å². The lowest BCUT2D eigenvalue weighted by atomic mass is 10.1. The molecule has 0 aliphatic rings. The van der Waals surface area contributed by atoms with Gasteiger partial charge in [-0.2, -0.15) is 0 Å². The first-order valence-corrected chi connectivity index (χ1v) is 7.83. The SMILES string of the molecule is CCN(CC)CCCNCCCCc1ccccc1. The molecule has 1 aromatic carbocycles. The molecule has 2 nitrogen and oxygen atoms in total. The molecule has 0 heterocycles. The molecule has 0 aromatic heterocycles. The fourth-order valence-electron chi connectivity index (χ4n) is 2.32. The zero-order valence-electron chi connectivity index (χ0n) is 12.7. The number of aryl methyl sites for hydroxylation is 1. The van der Waals surface area contributed by atoms with Crippen molar-refractivity contribution in [2.24, 2.45) is 0 Å². The normalized spacial score (nSPS) is 11.1. The Morgan fingerprint density at radius 3 is 2.26 bits per heavy atom. The maximum Gasteiger partial charge on any atom is -0.000687 e. The van der Waals surface area contributed by atoms with Crippen LogP contribution in [0.25, 0.3) is 0 Å². The molecule has 0 aliphatic carbocycles. The van der Waals surface area contributed by atoms with Crippen molar-refractivity contribution in [2.75, 3.05) is 32.7 Å². The van der Waals surface area contributed by atoms with E-state index in [0.717, 1.165) is 13.1 Å². The first kappa shape index (κ1) is 16.2. The third-order valence-corrected chi connectivity index (χ3v) is 3.63. The van der Waals surface area contributed by atoms with Crippen LogP contribution in [-0.4, -0.2) is 37.6 Å². The molecular formula is C17H30N2. The molecule has 0 unspecified atom stereocenters. The average molecular weight is 262 g/mol. The summed E-state index contributed by atoms with van der Waals surface area (Å²) in [6.07, 6.45) is 5.04. The van der Waals surface area contributed by atoms with Gasteiger partial charge in [0.25, 0.3) is 0 Å². The molecule has 19 heavy (non-hydrogen) atoms. The summed E-state index contributed by atoms with van der Waals surface area (Å²) in [6, 6.07) is 10.8. The van der Waals surface area contributed by atoms with E-state index in [0.29, 0.717) is 0 Å². The molecule has 0 saturated carbocycles. The van der Waals surface area contributed by atoms with Gasteiger partial charge in [-0.25, -0.2) is 0 Å². The molecule has 0 aliphatic heterocycles. The summed E-state index contributed by atoms with van der Waals surface area (Å²) >= 11 is 0. The monoisotopic (exact) mass is 262 g/mol. The summed E-state index contributed by atoms with van der Waals surface area (Å²) in [7, 11) is 0. The minimum atomic E-state index is 1.15. The van der Waals surface area contributed by atoms with Crippen molar-refractivity contribution in [3.05, 3.63) is 35.9 Å². The van der Waals surface area contributed by atoms with E-state index in [1.165, 1.54) is 50.9 Å². The van der Waals surface area contributed by atoms with E-state index < -0.39 is 0 Å². The molecule has 2 heteroatoms. The minimum absolute atomic E-state index is 1.15. The number of nitrogens with one attached hydrogen (secondary N) is 1. The summed E-state index contributed by atoms with van der Waals surface area (Å²) in [4.78, 5) is 2.48. The Hall–Kier alpha value is -0.860. The first-order valence-electron chi connectivity index (χ1n) is 7.83. The summed E-state index contributed by atoms with van der Waals surface area (Å²) in [6.45, 7) is 10.4. The van der Waals surface area contributed by atoms with E-state index in [1.807, 2.05) is 0 Å². The van der Waals surface area contributed by atoms with Crippen molar-refractivity contribution in [1.82, 2.24) is 10.2 Å². The lowest BCUT2D eigenvalue weighted by Gasteiger charge is -2.17. The van der Waals surface area contributed by atoms with Gasteiger partial charge in [0.15, 0.2) is 0 Å². The van der Waals surface area contributed by atoms with Gasteiger partial charge in [0.1, 0.15) is 0 Å². The highest BCUT2D eigenvalue weighted by Gasteiger charge is 1.97. The van der Waals surface area contributed by atoms with Crippen LogP contribution in [0, 0.1) is 0 Å². The van der Waals surface area contributed by atoms with Gasteiger partial charge < -0.3 is 10.2 Å². The molecule has 1 rings (SSSR count). The number of benzene rings is 1. The summed E-state index contributed by atoms with van der Waals surface area (Å²) in [5.74, 6) is 0.